The third-order valence-electron chi connectivity index (χ3n) is 5.78. The first-order valence-corrected chi connectivity index (χ1v) is 9.78. The molecule has 27 heavy (non-hydrogen) atoms. The van der Waals surface area contributed by atoms with Crippen molar-refractivity contribution < 1.29 is 9.53 Å². The van der Waals surface area contributed by atoms with Crippen molar-refractivity contribution in [3.8, 4) is 0 Å². The molecular formula is C21H32IN3O2. The number of likely N-dealkylation sites (tertiary alicyclic amines) is 1. The van der Waals surface area contributed by atoms with E-state index in [0.29, 0.717) is 6.61 Å². The van der Waals surface area contributed by atoms with Crippen LogP contribution in [0.1, 0.15) is 43.7 Å². The molecule has 1 heterocycles. The molecule has 1 aromatic carbocycles. The third kappa shape index (κ3) is 5.15. The van der Waals surface area contributed by atoms with E-state index in [9.17, 15) is 4.79 Å². The lowest BCUT2D eigenvalue weighted by Crippen LogP contribution is -2.48. The summed E-state index contributed by atoms with van der Waals surface area (Å²) in [4.78, 5) is 18.7. The van der Waals surface area contributed by atoms with E-state index < -0.39 is 0 Å². The van der Waals surface area contributed by atoms with Crippen LogP contribution in [0.5, 0.6) is 0 Å². The fourth-order valence-electron chi connectivity index (χ4n) is 4.03. The van der Waals surface area contributed by atoms with Crippen LogP contribution >= 0.6 is 24.0 Å². The van der Waals surface area contributed by atoms with Gasteiger partial charge >= 0.3 is 5.97 Å². The van der Waals surface area contributed by atoms with Crippen molar-refractivity contribution in [1.82, 2.24) is 10.2 Å². The number of hydrogen-bond acceptors (Lipinski definition) is 3. The molecule has 0 unspecified atom stereocenters. The van der Waals surface area contributed by atoms with Gasteiger partial charge in [-0.1, -0.05) is 24.3 Å². The minimum Gasteiger partial charge on any atom is -0.466 e. The SMILES string of the molecule is CCOC(=O)C1CCN(C(=NC)NCC2(c3ccccc3C)CC2)CC1.I. The van der Waals surface area contributed by atoms with Crippen LogP contribution in [0.3, 0.4) is 0 Å². The first-order valence-electron chi connectivity index (χ1n) is 9.78. The van der Waals surface area contributed by atoms with Crippen molar-refractivity contribution in [1.29, 1.82) is 0 Å². The van der Waals surface area contributed by atoms with Crippen molar-refractivity contribution in [3.05, 3.63) is 35.4 Å². The molecule has 1 aromatic rings. The molecule has 2 aliphatic rings. The van der Waals surface area contributed by atoms with Gasteiger partial charge in [-0.15, -0.1) is 24.0 Å². The van der Waals surface area contributed by atoms with Gasteiger partial charge in [-0.2, -0.15) is 0 Å². The molecule has 0 atom stereocenters. The average Bonchev–Trinajstić information content (AvgIpc) is 3.44. The predicted octanol–water partition coefficient (Wildman–Crippen LogP) is 3.50. The zero-order valence-electron chi connectivity index (χ0n) is 16.7. The smallest absolute Gasteiger partial charge is 0.309 e. The van der Waals surface area contributed by atoms with Crippen LogP contribution in [0, 0.1) is 12.8 Å². The first kappa shape index (κ1) is 22.0. The molecule has 0 radical (unpaired) electrons. The molecule has 1 aliphatic heterocycles. The van der Waals surface area contributed by atoms with Crippen LogP contribution in [0.15, 0.2) is 29.3 Å². The van der Waals surface area contributed by atoms with Gasteiger partial charge in [0.15, 0.2) is 5.96 Å². The van der Waals surface area contributed by atoms with Gasteiger partial charge in [-0.25, -0.2) is 0 Å². The van der Waals surface area contributed by atoms with Gasteiger partial charge in [-0.05, 0) is 50.7 Å². The summed E-state index contributed by atoms with van der Waals surface area (Å²) in [5, 5.41) is 3.60. The van der Waals surface area contributed by atoms with E-state index in [1.54, 1.807) is 0 Å². The summed E-state index contributed by atoms with van der Waals surface area (Å²) in [6, 6.07) is 8.70. The maximum Gasteiger partial charge on any atom is 0.309 e. The summed E-state index contributed by atoms with van der Waals surface area (Å²) in [7, 11) is 1.84. The predicted molar refractivity (Wildman–Crippen MR) is 120 cm³/mol. The number of carbonyl (C=O) groups is 1. The Kier molecular flexibility index (Phi) is 7.94. The normalized spacial score (nSPS) is 19.2. The molecule has 1 saturated carbocycles. The van der Waals surface area contributed by atoms with Gasteiger partial charge < -0.3 is 15.0 Å². The van der Waals surface area contributed by atoms with E-state index >= 15 is 0 Å². The van der Waals surface area contributed by atoms with Gasteiger partial charge in [0.2, 0.25) is 0 Å². The maximum atomic E-state index is 11.9. The number of hydrogen-bond donors (Lipinski definition) is 1. The van der Waals surface area contributed by atoms with Gasteiger partial charge in [-0.3, -0.25) is 9.79 Å². The number of ether oxygens (including phenoxy) is 1. The number of aryl methyl sites for hydroxylation is 1. The summed E-state index contributed by atoms with van der Waals surface area (Å²) in [5.74, 6) is 0.935. The summed E-state index contributed by atoms with van der Waals surface area (Å²) in [5.41, 5.74) is 3.09. The lowest BCUT2D eigenvalue weighted by Gasteiger charge is -2.34. The van der Waals surface area contributed by atoms with E-state index in [1.807, 2.05) is 14.0 Å². The number of nitrogens with one attached hydrogen (secondary N) is 1. The standard InChI is InChI=1S/C21H31N3O2.HI/c1-4-26-19(25)17-9-13-24(14-10-17)20(22-3)23-15-21(11-12-21)18-8-6-5-7-16(18)2;/h5-8,17H,4,9-15H2,1-3H3,(H,22,23);1H. The number of piperidine rings is 1. The number of halogens is 1. The maximum absolute atomic E-state index is 11.9. The van der Waals surface area contributed by atoms with Gasteiger partial charge in [0.05, 0.1) is 12.5 Å². The monoisotopic (exact) mass is 485 g/mol. The summed E-state index contributed by atoms with van der Waals surface area (Å²) < 4.78 is 5.16. The Bertz CT molecular complexity index is 665. The number of carbonyl (C=O) groups excluding carboxylic acids is 1. The van der Waals surface area contributed by atoms with Gasteiger partial charge in [0, 0.05) is 32.1 Å². The Morgan fingerprint density at radius 2 is 1.96 bits per heavy atom. The quantitative estimate of drug-likeness (QED) is 0.300. The minimum absolute atomic E-state index is 0. The van der Waals surface area contributed by atoms with Crippen LogP contribution < -0.4 is 5.32 Å². The first-order chi connectivity index (χ1) is 12.6. The number of nitrogens with zero attached hydrogens (tertiary/aromatic N) is 2. The van der Waals surface area contributed by atoms with Crippen LogP contribution in [0.25, 0.3) is 0 Å². The van der Waals surface area contributed by atoms with E-state index in [-0.39, 0.29) is 41.3 Å². The molecule has 0 bridgehead atoms. The molecule has 0 spiro atoms. The summed E-state index contributed by atoms with van der Waals surface area (Å²) in [6.45, 7) is 7.14. The zero-order chi connectivity index (χ0) is 18.6. The lowest BCUT2D eigenvalue weighted by atomic mass is 9.92. The second-order valence-corrected chi connectivity index (χ2v) is 7.51. The largest absolute Gasteiger partial charge is 0.466 e. The highest BCUT2D eigenvalue weighted by molar-refractivity contribution is 14.0. The van der Waals surface area contributed by atoms with Crippen LogP contribution in [0.2, 0.25) is 0 Å². The van der Waals surface area contributed by atoms with Gasteiger partial charge in [0.1, 0.15) is 0 Å². The topological polar surface area (TPSA) is 53.9 Å². The molecule has 0 aromatic heterocycles. The van der Waals surface area contributed by atoms with Crippen molar-refractivity contribution in [2.75, 3.05) is 33.3 Å². The molecular weight excluding hydrogens is 453 g/mol. The highest BCUT2D eigenvalue weighted by Gasteiger charge is 2.45. The number of rotatable bonds is 5. The Morgan fingerprint density at radius 3 is 2.52 bits per heavy atom. The van der Waals surface area contributed by atoms with Crippen molar-refractivity contribution in [2.24, 2.45) is 10.9 Å². The summed E-state index contributed by atoms with van der Waals surface area (Å²) in [6.07, 6.45) is 4.13. The number of esters is 1. The summed E-state index contributed by atoms with van der Waals surface area (Å²) >= 11 is 0. The average molecular weight is 485 g/mol. The minimum atomic E-state index is -0.0495. The van der Waals surface area contributed by atoms with E-state index in [1.165, 1.54) is 24.0 Å². The van der Waals surface area contributed by atoms with E-state index in [0.717, 1.165) is 38.4 Å². The Labute approximate surface area is 180 Å². The Morgan fingerprint density at radius 1 is 1.30 bits per heavy atom. The second-order valence-electron chi connectivity index (χ2n) is 7.51. The molecule has 3 rings (SSSR count). The molecule has 2 fully saturated rings. The molecule has 1 saturated heterocycles. The van der Waals surface area contributed by atoms with E-state index in [2.05, 4.69) is 46.4 Å². The van der Waals surface area contributed by atoms with E-state index in [4.69, 9.17) is 4.74 Å². The molecule has 5 nitrogen and oxygen atoms in total. The molecule has 1 N–H and O–H groups in total. The fourth-order valence-corrected chi connectivity index (χ4v) is 4.03. The number of aliphatic imine (C=N–C) groups is 1. The highest BCUT2D eigenvalue weighted by atomic mass is 127. The Balaban J connectivity index is 0.00000261. The van der Waals surface area contributed by atoms with Crippen molar-refractivity contribution in [3.63, 3.8) is 0 Å². The van der Waals surface area contributed by atoms with Crippen molar-refractivity contribution in [2.45, 2.75) is 44.9 Å². The molecule has 0 amide bonds. The molecule has 1 aliphatic carbocycles. The fraction of sp³-hybridized carbons (Fsp3) is 0.619. The Hall–Kier alpha value is -1.31. The second kappa shape index (κ2) is 9.75. The number of benzene rings is 1. The van der Waals surface area contributed by atoms with Crippen LogP contribution in [-0.2, 0) is 14.9 Å². The zero-order valence-corrected chi connectivity index (χ0v) is 19.0. The highest BCUT2D eigenvalue weighted by Crippen LogP contribution is 2.48. The molecule has 150 valence electrons. The molecule has 6 heteroatoms. The third-order valence-corrected chi connectivity index (χ3v) is 5.78. The van der Waals surface area contributed by atoms with Crippen LogP contribution in [-0.4, -0.2) is 50.1 Å². The van der Waals surface area contributed by atoms with Gasteiger partial charge in [0.25, 0.3) is 0 Å². The van der Waals surface area contributed by atoms with Crippen LogP contribution in [0.4, 0.5) is 0 Å². The van der Waals surface area contributed by atoms with Crippen molar-refractivity contribution >= 4 is 35.9 Å². The lowest BCUT2D eigenvalue weighted by molar-refractivity contribution is -0.149. The number of guanidine groups is 1.